The van der Waals surface area contributed by atoms with Gasteiger partial charge < -0.3 is 10.6 Å². The van der Waals surface area contributed by atoms with Crippen molar-refractivity contribution in [2.45, 2.75) is 13.1 Å². The molecular formula is C16H16N2O2S2. The van der Waals surface area contributed by atoms with Crippen LogP contribution in [0.4, 0.5) is 9.59 Å². The maximum atomic E-state index is 11.6. The number of carbonyl (C=O) groups excluding carboxylic acids is 2. The summed E-state index contributed by atoms with van der Waals surface area (Å²) in [6.45, 7) is 0.914. The van der Waals surface area contributed by atoms with Gasteiger partial charge in [-0.2, -0.15) is 0 Å². The molecule has 0 spiro atoms. The highest BCUT2D eigenvalue weighted by Crippen LogP contribution is 2.22. The molecule has 22 heavy (non-hydrogen) atoms. The average molecular weight is 332 g/mol. The van der Waals surface area contributed by atoms with Crippen molar-refractivity contribution in [2.24, 2.45) is 0 Å². The Hall–Kier alpha value is -1.92. The van der Waals surface area contributed by atoms with Gasteiger partial charge in [-0.15, -0.1) is 0 Å². The van der Waals surface area contributed by atoms with Crippen LogP contribution in [0.2, 0.25) is 0 Å². The molecule has 114 valence electrons. The molecule has 0 aliphatic carbocycles. The number of nitrogens with one attached hydrogen (secondary N) is 2. The molecule has 0 heterocycles. The van der Waals surface area contributed by atoms with Crippen LogP contribution < -0.4 is 10.6 Å². The highest BCUT2D eigenvalue weighted by atomic mass is 33.1. The molecule has 0 aromatic heterocycles. The molecule has 0 fully saturated rings. The Morgan fingerprint density at radius 1 is 0.682 bits per heavy atom. The predicted molar refractivity (Wildman–Crippen MR) is 92.5 cm³/mol. The van der Waals surface area contributed by atoms with E-state index in [-0.39, 0.29) is 10.5 Å². The van der Waals surface area contributed by atoms with E-state index in [1.807, 2.05) is 60.7 Å². The van der Waals surface area contributed by atoms with Gasteiger partial charge in [0.25, 0.3) is 10.5 Å². The molecule has 2 N–H and O–H groups in total. The Morgan fingerprint density at radius 3 is 1.41 bits per heavy atom. The zero-order valence-electron chi connectivity index (χ0n) is 11.8. The maximum Gasteiger partial charge on any atom is 0.290 e. The lowest BCUT2D eigenvalue weighted by atomic mass is 10.2. The van der Waals surface area contributed by atoms with Gasteiger partial charge in [0.15, 0.2) is 0 Å². The summed E-state index contributed by atoms with van der Waals surface area (Å²) < 4.78 is 0. The van der Waals surface area contributed by atoms with E-state index in [9.17, 15) is 9.59 Å². The summed E-state index contributed by atoms with van der Waals surface area (Å²) in [5.74, 6) is 0. The second-order valence-corrected chi connectivity index (χ2v) is 6.49. The van der Waals surface area contributed by atoms with Crippen LogP contribution in [0.15, 0.2) is 60.7 Å². The van der Waals surface area contributed by atoms with Gasteiger partial charge in [0.1, 0.15) is 0 Å². The molecule has 0 radical (unpaired) electrons. The first kappa shape index (κ1) is 16.5. The topological polar surface area (TPSA) is 58.2 Å². The molecule has 0 saturated heterocycles. The summed E-state index contributed by atoms with van der Waals surface area (Å²) in [6, 6.07) is 19.3. The Labute approximate surface area is 137 Å². The summed E-state index contributed by atoms with van der Waals surface area (Å²) in [6.07, 6.45) is 0. The lowest BCUT2D eigenvalue weighted by Crippen LogP contribution is -2.20. The first-order chi connectivity index (χ1) is 10.7. The van der Waals surface area contributed by atoms with Crippen LogP contribution >= 0.6 is 21.6 Å². The second kappa shape index (κ2) is 9.17. The monoisotopic (exact) mass is 332 g/mol. The van der Waals surface area contributed by atoms with Gasteiger partial charge in [-0.25, -0.2) is 0 Å². The number of amides is 2. The average Bonchev–Trinajstić information content (AvgIpc) is 2.58. The highest BCUT2D eigenvalue weighted by Gasteiger charge is 2.08. The van der Waals surface area contributed by atoms with E-state index in [2.05, 4.69) is 10.6 Å². The fourth-order valence-electron chi connectivity index (χ4n) is 1.67. The van der Waals surface area contributed by atoms with Crippen LogP contribution in [0.1, 0.15) is 11.1 Å². The second-order valence-electron chi connectivity index (χ2n) is 4.42. The van der Waals surface area contributed by atoms with E-state index in [0.29, 0.717) is 13.1 Å². The summed E-state index contributed by atoms with van der Waals surface area (Å²) >= 11 is 0. The fourth-order valence-corrected chi connectivity index (χ4v) is 2.90. The highest BCUT2D eigenvalue weighted by molar-refractivity contribution is 8.87. The van der Waals surface area contributed by atoms with Crippen molar-refractivity contribution in [3.05, 3.63) is 71.8 Å². The van der Waals surface area contributed by atoms with Gasteiger partial charge >= 0.3 is 0 Å². The minimum absolute atomic E-state index is 0.233. The zero-order valence-corrected chi connectivity index (χ0v) is 13.5. The molecule has 0 atom stereocenters. The SMILES string of the molecule is O=C(NCc1ccccc1)SSC(=O)NCc1ccccc1. The van der Waals surface area contributed by atoms with E-state index < -0.39 is 0 Å². The molecule has 2 aromatic rings. The van der Waals surface area contributed by atoms with Crippen molar-refractivity contribution >= 4 is 32.1 Å². The summed E-state index contributed by atoms with van der Waals surface area (Å²) in [5, 5.41) is 5.04. The van der Waals surface area contributed by atoms with Crippen molar-refractivity contribution in [1.29, 1.82) is 0 Å². The van der Waals surface area contributed by atoms with Crippen LogP contribution in [0.3, 0.4) is 0 Å². The molecule has 2 amide bonds. The number of rotatable bonds is 4. The predicted octanol–water partition coefficient (Wildman–Crippen LogP) is 4.19. The molecule has 0 unspecified atom stereocenters. The van der Waals surface area contributed by atoms with Crippen molar-refractivity contribution in [3.8, 4) is 0 Å². The minimum Gasteiger partial charge on any atom is -0.342 e. The van der Waals surface area contributed by atoms with Crippen LogP contribution in [-0.2, 0) is 13.1 Å². The molecule has 6 heteroatoms. The third kappa shape index (κ3) is 6.24. The summed E-state index contributed by atoms with van der Waals surface area (Å²) in [5.41, 5.74) is 2.05. The quantitative estimate of drug-likeness (QED) is 0.824. The Morgan fingerprint density at radius 2 is 1.05 bits per heavy atom. The Balaban J connectivity index is 1.62. The molecule has 4 nitrogen and oxygen atoms in total. The summed E-state index contributed by atoms with van der Waals surface area (Å²) in [7, 11) is 1.79. The molecule has 0 aliphatic rings. The maximum absolute atomic E-state index is 11.6. The number of benzene rings is 2. The van der Waals surface area contributed by atoms with E-state index >= 15 is 0 Å². The largest absolute Gasteiger partial charge is 0.342 e. The molecule has 0 bridgehead atoms. The van der Waals surface area contributed by atoms with Gasteiger partial charge in [0.05, 0.1) is 0 Å². The molecular weight excluding hydrogens is 316 g/mol. The molecule has 0 saturated carbocycles. The zero-order chi connectivity index (χ0) is 15.6. The van der Waals surface area contributed by atoms with Gasteiger partial charge in [0, 0.05) is 34.7 Å². The summed E-state index contributed by atoms with van der Waals surface area (Å²) in [4.78, 5) is 23.3. The first-order valence-corrected chi connectivity index (χ1v) is 8.87. The van der Waals surface area contributed by atoms with Gasteiger partial charge in [0.2, 0.25) is 0 Å². The lowest BCUT2D eigenvalue weighted by Gasteiger charge is -2.05. The smallest absolute Gasteiger partial charge is 0.290 e. The molecule has 0 aliphatic heterocycles. The van der Waals surface area contributed by atoms with Crippen molar-refractivity contribution in [3.63, 3.8) is 0 Å². The third-order valence-corrected chi connectivity index (χ3v) is 4.59. The lowest BCUT2D eigenvalue weighted by molar-refractivity contribution is 0.259. The number of hydrogen-bond donors (Lipinski definition) is 2. The minimum atomic E-state index is -0.233. The Kier molecular flexibility index (Phi) is 6.86. The normalized spacial score (nSPS) is 10.0. The van der Waals surface area contributed by atoms with Crippen LogP contribution in [-0.4, -0.2) is 10.5 Å². The van der Waals surface area contributed by atoms with E-state index in [0.717, 1.165) is 32.7 Å². The van der Waals surface area contributed by atoms with Crippen LogP contribution in [0.5, 0.6) is 0 Å². The van der Waals surface area contributed by atoms with Crippen LogP contribution in [0, 0.1) is 0 Å². The fraction of sp³-hybridized carbons (Fsp3) is 0.125. The molecule has 2 rings (SSSR count). The van der Waals surface area contributed by atoms with Crippen LogP contribution in [0.25, 0.3) is 0 Å². The first-order valence-electron chi connectivity index (χ1n) is 6.72. The van der Waals surface area contributed by atoms with Crippen molar-refractivity contribution in [2.75, 3.05) is 0 Å². The van der Waals surface area contributed by atoms with Crippen molar-refractivity contribution < 1.29 is 9.59 Å². The number of hydrogen-bond acceptors (Lipinski definition) is 4. The van der Waals surface area contributed by atoms with E-state index in [1.165, 1.54) is 0 Å². The third-order valence-electron chi connectivity index (χ3n) is 2.75. The standard InChI is InChI=1S/C16H16N2O2S2/c19-15(17-11-13-7-3-1-4-8-13)21-22-16(20)18-12-14-9-5-2-6-10-14/h1-10H,11-12H2,(H,17,19)(H,18,20). The van der Waals surface area contributed by atoms with E-state index in [1.54, 1.807) is 0 Å². The van der Waals surface area contributed by atoms with Gasteiger partial charge in [-0.3, -0.25) is 9.59 Å². The van der Waals surface area contributed by atoms with Crippen molar-refractivity contribution in [1.82, 2.24) is 10.6 Å². The van der Waals surface area contributed by atoms with Gasteiger partial charge in [-0.05, 0) is 11.1 Å². The Bertz CT molecular complexity index is 551. The molecule has 2 aromatic carbocycles. The number of carbonyl (C=O) groups is 2. The van der Waals surface area contributed by atoms with E-state index in [4.69, 9.17) is 0 Å². The van der Waals surface area contributed by atoms with Gasteiger partial charge in [-0.1, -0.05) is 60.7 Å².